The minimum atomic E-state index is -0.705. The van der Waals surface area contributed by atoms with Crippen LogP contribution in [0.15, 0.2) is 29.2 Å². The quantitative estimate of drug-likeness (QED) is 0.653. The third-order valence-electron chi connectivity index (χ3n) is 2.13. The van der Waals surface area contributed by atoms with Crippen molar-refractivity contribution in [2.45, 2.75) is 17.9 Å². The van der Waals surface area contributed by atoms with Crippen LogP contribution in [0.5, 0.6) is 0 Å². The molecule has 6 heteroatoms. The van der Waals surface area contributed by atoms with Crippen LogP contribution in [0.3, 0.4) is 0 Å². The van der Waals surface area contributed by atoms with Crippen molar-refractivity contribution in [3.8, 4) is 0 Å². The van der Waals surface area contributed by atoms with Gasteiger partial charge in [-0.1, -0.05) is 12.1 Å². The Bertz CT molecular complexity index is 439. The molecule has 0 aromatic heterocycles. The van der Waals surface area contributed by atoms with E-state index in [2.05, 4.69) is 10.1 Å². The first-order valence-corrected chi connectivity index (χ1v) is 6.27. The maximum absolute atomic E-state index is 13.3. The number of carbonyl (C=O) groups excluding carboxylic acids is 2. The maximum Gasteiger partial charge on any atom is 0.328 e. The molecule has 1 aromatic carbocycles. The van der Waals surface area contributed by atoms with Crippen LogP contribution in [0.1, 0.15) is 6.92 Å². The zero-order valence-electron chi connectivity index (χ0n) is 10.1. The van der Waals surface area contributed by atoms with Gasteiger partial charge in [-0.15, -0.1) is 11.8 Å². The number of amides is 1. The highest BCUT2D eigenvalue weighted by molar-refractivity contribution is 8.00. The first-order chi connectivity index (χ1) is 8.54. The van der Waals surface area contributed by atoms with Gasteiger partial charge in [0.15, 0.2) is 0 Å². The molecule has 0 radical (unpaired) electrons. The van der Waals surface area contributed by atoms with Crippen molar-refractivity contribution < 1.29 is 18.7 Å². The lowest BCUT2D eigenvalue weighted by molar-refractivity contribution is -0.144. The molecule has 0 aliphatic rings. The summed E-state index contributed by atoms with van der Waals surface area (Å²) in [5, 5.41) is 2.46. The van der Waals surface area contributed by atoms with Crippen LogP contribution in [0.25, 0.3) is 0 Å². The Morgan fingerprint density at radius 1 is 1.44 bits per heavy atom. The molecular formula is C12H14FNO3S. The Labute approximate surface area is 109 Å². The molecule has 0 bridgehead atoms. The summed E-state index contributed by atoms with van der Waals surface area (Å²) in [5.41, 5.74) is 0. The Balaban J connectivity index is 2.43. The smallest absolute Gasteiger partial charge is 0.328 e. The Morgan fingerprint density at radius 2 is 2.11 bits per heavy atom. The number of hydrogen-bond donors (Lipinski definition) is 1. The number of hydrogen-bond acceptors (Lipinski definition) is 4. The second-order valence-corrected chi connectivity index (χ2v) is 4.55. The summed E-state index contributed by atoms with van der Waals surface area (Å²) >= 11 is 1.08. The Hall–Kier alpha value is -1.56. The largest absolute Gasteiger partial charge is 0.467 e. The zero-order chi connectivity index (χ0) is 13.5. The SMILES string of the molecule is COC(=O)[C@H](C)NC(=O)CSc1ccccc1F. The molecule has 18 heavy (non-hydrogen) atoms. The molecule has 0 heterocycles. The van der Waals surface area contributed by atoms with Crippen LogP contribution in [0.4, 0.5) is 4.39 Å². The first kappa shape index (κ1) is 14.5. The van der Waals surface area contributed by atoms with Crippen LogP contribution in [-0.2, 0) is 14.3 Å². The number of nitrogens with one attached hydrogen (secondary N) is 1. The number of thioether (sulfide) groups is 1. The van der Waals surface area contributed by atoms with Crippen molar-refractivity contribution in [1.82, 2.24) is 5.32 Å². The molecule has 1 amide bonds. The average Bonchev–Trinajstić information content (AvgIpc) is 2.36. The average molecular weight is 271 g/mol. The summed E-state index contributed by atoms with van der Waals surface area (Å²) in [5.74, 6) is -1.18. The van der Waals surface area contributed by atoms with Crippen molar-refractivity contribution >= 4 is 23.6 Å². The molecule has 1 aromatic rings. The topological polar surface area (TPSA) is 55.4 Å². The highest BCUT2D eigenvalue weighted by atomic mass is 32.2. The van der Waals surface area contributed by atoms with E-state index in [1.807, 2.05) is 0 Å². The number of carbonyl (C=O) groups is 2. The van der Waals surface area contributed by atoms with Crippen LogP contribution in [-0.4, -0.2) is 30.8 Å². The first-order valence-electron chi connectivity index (χ1n) is 5.29. The maximum atomic E-state index is 13.3. The van der Waals surface area contributed by atoms with Gasteiger partial charge in [-0.2, -0.15) is 0 Å². The summed E-state index contributed by atoms with van der Waals surface area (Å²) in [4.78, 5) is 23.0. The van der Waals surface area contributed by atoms with E-state index in [-0.39, 0.29) is 17.5 Å². The van der Waals surface area contributed by atoms with Crippen LogP contribution in [0.2, 0.25) is 0 Å². The van der Waals surface area contributed by atoms with Gasteiger partial charge in [-0.3, -0.25) is 4.79 Å². The summed E-state index contributed by atoms with van der Waals surface area (Å²) in [7, 11) is 1.25. The van der Waals surface area contributed by atoms with Gasteiger partial charge in [0.1, 0.15) is 11.9 Å². The van der Waals surface area contributed by atoms with Crippen molar-refractivity contribution in [2.75, 3.05) is 12.9 Å². The molecule has 4 nitrogen and oxygen atoms in total. The highest BCUT2D eigenvalue weighted by Gasteiger charge is 2.15. The van der Waals surface area contributed by atoms with Gasteiger partial charge in [0.05, 0.1) is 12.9 Å². The lowest BCUT2D eigenvalue weighted by Crippen LogP contribution is -2.40. The monoisotopic (exact) mass is 271 g/mol. The molecule has 0 fully saturated rings. The number of methoxy groups -OCH3 is 1. The van der Waals surface area contributed by atoms with Gasteiger partial charge in [0.25, 0.3) is 0 Å². The Kier molecular flexibility index (Phi) is 5.64. The van der Waals surface area contributed by atoms with Crippen molar-refractivity contribution in [1.29, 1.82) is 0 Å². The van der Waals surface area contributed by atoms with E-state index in [0.717, 1.165) is 11.8 Å². The lowest BCUT2D eigenvalue weighted by atomic mass is 10.3. The number of halogens is 1. The van der Waals surface area contributed by atoms with Crippen LogP contribution < -0.4 is 5.32 Å². The fourth-order valence-corrected chi connectivity index (χ4v) is 1.97. The molecule has 1 atom stereocenters. The molecule has 0 spiro atoms. The van der Waals surface area contributed by atoms with E-state index in [1.165, 1.54) is 20.1 Å². The fraction of sp³-hybridized carbons (Fsp3) is 0.333. The van der Waals surface area contributed by atoms with Crippen molar-refractivity contribution in [2.24, 2.45) is 0 Å². The summed E-state index contributed by atoms with van der Waals surface area (Å²) in [6, 6.07) is 5.50. The van der Waals surface area contributed by atoms with E-state index in [9.17, 15) is 14.0 Å². The minimum Gasteiger partial charge on any atom is -0.467 e. The summed E-state index contributed by atoms with van der Waals surface area (Å²) < 4.78 is 17.7. The van der Waals surface area contributed by atoms with Crippen LogP contribution in [0, 0.1) is 5.82 Å². The number of ether oxygens (including phenoxy) is 1. The molecule has 0 aliphatic carbocycles. The van der Waals surface area contributed by atoms with Crippen LogP contribution >= 0.6 is 11.8 Å². The minimum absolute atomic E-state index is 0.0439. The van der Waals surface area contributed by atoms with Gasteiger partial charge >= 0.3 is 5.97 Å². The molecule has 1 rings (SSSR count). The predicted octanol–water partition coefficient (Wildman–Crippen LogP) is 1.60. The third-order valence-corrected chi connectivity index (χ3v) is 3.18. The molecule has 0 aliphatic heterocycles. The van der Waals surface area contributed by atoms with Crippen molar-refractivity contribution in [3.05, 3.63) is 30.1 Å². The van der Waals surface area contributed by atoms with Gasteiger partial charge in [-0.25, -0.2) is 9.18 Å². The molecule has 0 saturated heterocycles. The highest BCUT2D eigenvalue weighted by Crippen LogP contribution is 2.20. The number of esters is 1. The molecule has 0 saturated carbocycles. The second-order valence-electron chi connectivity index (χ2n) is 3.53. The van der Waals surface area contributed by atoms with E-state index < -0.39 is 12.0 Å². The van der Waals surface area contributed by atoms with E-state index in [0.29, 0.717) is 4.90 Å². The van der Waals surface area contributed by atoms with E-state index in [4.69, 9.17) is 0 Å². The zero-order valence-corrected chi connectivity index (χ0v) is 10.9. The van der Waals surface area contributed by atoms with E-state index >= 15 is 0 Å². The predicted molar refractivity (Wildman–Crippen MR) is 66.7 cm³/mol. The molecule has 1 N–H and O–H groups in total. The van der Waals surface area contributed by atoms with Gasteiger partial charge in [0.2, 0.25) is 5.91 Å². The molecule has 98 valence electrons. The van der Waals surface area contributed by atoms with E-state index in [1.54, 1.807) is 18.2 Å². The molecule has 0 unspecified atom stereocenters. The summed E-state index contributed by atoms with van der Waals surface area (Å²) in [6.07, 6.45) is 0. The third kappa shape index (κ3) is 4.37. The standard InChI is InChI=1S/C12H14FNO3S/c1-8(12(16)17-2)14-11(15)7-18-10-6-4-3-5-9(10)13/h3-6,8H,7H2,1-2H3,(H,14,15)/t8-/m0/s1. The second kappa shape index (κ2) is 7.00. The van der Waals surface area contributed by atoms with Gasteiger partial charge in [0, 0.05) is 4.90 Å². The Morgan fingerprint density at radius 3 is 2.72 bits per heavy atom. The van der Waals surface area contributed by atoms with Gasteiger partial charge < -0.3 is 10.1 Å². The number of benzene rings is 1. The normalized spacial score (nSPS) is 11.7. The lowest BCUT2D eigenvalue weighted by Gasteiger charge is -2.11. The molecular weight excluding hydrogens is 257 g/mol. The summed E-state index contributed by atoms with van der Waals surface area (Å²) in [6.45, 7) is 1.53. The number of rotatable bonds is 5. The fourth-order valence-electron chi connectivity index (χ4n) is 1.22. The van der Waals surface area contributed by atoms with Crippen molar-refractivity contribution in [3.63, 3.8) is 0 Å². The van der Waals surface area contributed by atoms with Gasteiger partial charge in [-0.05, 0) is 19.1 Å².